The summed E-state index contributed by atoms with van der Waals surface area (Å²) in [6, 6.07) is 12.5. The van der Waals surface area contributed by atoms with Crippen LogP contribution in [0.3, 0.4) is 0 Å². The first kappa shape index (κ1) is 16.2. The Labute approximate surface area is 140 Å². The van der Waals surface area contributed by atoms with Crippen LogP contribution >= 0.6 is 0 Å². The van der Waals surface area contributed by atoms with E-state index in [1.54, 1.807) is 36.1 Å². The van der Waals surface area contributed by atoms with Gasteiger partial charge in [-0.25, -0.2) is 4.79 Å². The molecule has 0 saturated heterocycles. The summed E-state index contributed by atoms with van der Waals surface area (Å²) < 4.78 is 0. The van der Waals surface area contributed by atoms with Crippen molar-refractivity contribution in [3.63, 3.8) is 0 Å². The molecule has 2 aromatic rings. The van der Waals surface area contributed by atoms with Crippen molar-refractivity contribution >= 4 is 17.6 Å². The van der Waals surface area contributed by atoms with Gasteiger partial charge in [0.1, 0.15) is 0 Å². The number of benzene rings is 2. The van der Waals surface area contributed by atoms with Crippen LogP contribution in [0.4, 0.5) is 5.69 Å². The van der Waals surface area contributed by atoms with Crippen molar-refractivity contribution in [2.45, 2.75) is 32.4 Å². The van der Waals surface area contributed by atoms with Crippen LogP contribution < -0.4 is 10.6 Å². The van der Waals surface area contributed by atoms with Crippen LogP contribution in [0.1, 0.15) is 42.2 Å². The molecule has 2 aromatic carbocycles. The summed E-state index contributed by atoms with van der Waals surface area (Å²) >= 11 is 0. The van der Waals surface area contributed by atoms with E-state index in [1.165, 1.54) is 0 Å². The van der Waals surface area contributed by atoms with Crippen molar-refractivity contribution in [3.8, 4) is 11.1 Å². The number of hydrogen-bond donors (Lipinski definition) is 2. The van der Waals surface area contributed by atoms with Crippen LogP contribution in [-0.4, -0.2) is 23.0 Å². The van der Waals surface area contributed by atoms with E-state index >= 15 is 0 Å². The summed E-state index contributed by atoms with van der Waals surface area (Å²) in [6.45, 7) is 3.57. The molecule has 124 valence electrons. The number of carboxylic acid groups (broad SMARTS) is 1. The fraction of sp³-hybridized carbons (Fsp3) is 0.263. The minimum absolute atomic E-state index is 0.00853. The molecule has 0 aliphatic carbocycles. The van der Waals surface area contributed by atoms with E-state index in [-0.39, 0.29) is 23.6 Å². The molecular weight excluding hydrogens is 304 g/mol. The van der Waals surface area contributed by atoms with E-state index in [2.05, 4.69) is 0 Å². The number of carbonyl (C=O) groups excluding carboxylic acids is 1. The number of anilines is 1. The number of nitrogens with two attached hydrogens (primary N) is 1. The summed E-state index contributed by atoms with van der Waals surface area (Å²) in [4.78, 5) is 24.7. The van der Waals surface area contributed by atoms with Crippen molar-refractivity contribution in [2.75, 3.05) is 4.90 Å². The molecule has 2 atom stereocenters. The maximum absolute atomic E-state index is 12.0. The highest BCUT2D eigenvalue weighted by atomic mass is 16.4. The largest absolute Gasteiger partial charge is 0.478 e. The van der Waals surface area contributed by atoms with Crippen LogP contribution in [0, 0.1) is 0 Å². The molecule has 24 heavy (non-hydrogen) atoms. The number of hydrogen-bond acceptors (Lipinski definition) is 3. The fourth-order valence-corrected chi connectivity index (χ4v) is 3.37. The van der Waals surface area contributed by atoms with Gasteiger partial charge in [-0.15, -0.1) is 0 Å². The van der Waals surface area contributed by atoms with E-state index < -0.39 is 5.97 Å². The van der Waals surface area contributed by atoms with Gasteiger partial charge in [-0.1, -0.05) is 18.2 Å². The van der Waals surface area contributed by atoms with Crippen LogP contribution in [-0.2, 0) is 4.79 Å². The Morgan fingerprint density at radius 3 is 2.33 bits per heavy atom. The van der Waals surface area contributed by atoms with Gasteiger partial charge in [0.05, 0.1) is 5.56 Å². The Balaban J connectivity index is 2.03. The van der Waals surface area contributed by atoms with E-state index in [1.807, 2.05) is 25.1 Å². The standard InChI is InChI=1S/C19H20N2O3/c1-11-9-17(20)16-10-15(7-8-18(16)21(11)12(2)22)13-3-5-14(6-4-13)19(23)24/h3-8,10-11,17H,9,20H2,1-2H3,(H,23,24)/t11-,17+/m0/s1. The normalized spacial score (nSPS) is 19.7. The lowest BCUT2D eigenvalue weighted by atomic mass is 9.89. The van der Waals surface area contributed by atoms with E-state index in [0.717, 1.165) is 22.4 Å². The molecule has 5 nitrogen and oxygen atoms in total. The van der Waals surface area contributed by atoms with E-state index in [4.69, 9.17) is 10.8 Å². The number of carbonyl (C=O) groups is 2. The molecule has 0 aromatic heterocycles. The first-order valence-electron chi connectivity index (χ1n) is 7.91. The molecule has 1 amide bonds. The van der Waals surface area contributed by atoms with Crippen molar-refractivity contribution in [1.82, 2.24) is 0 Å². The molecule has 0 fully saturated rings. The summed E-state index contributed by atoms with van der Waals surface area (Å²) in [5.41, 5.74) is 10.2. The van der Waals surface area contributed by atoms with Gasteiger partial charge in [-0.05, 0) is 54.3 Å². The average molecular weight is 324 g/mol. The first-order valence-corrected chi connectivity index (χ1v) is 7.91. The zero-order valence-electron chi connectivity index (χ0n) is 13.7. The molecule has 1 heterocycles. The first-order chi connectivity index (χ1) is 11.4. The van der Waals surface area contributed by atoms with Gasteiger partial charge in [-0.3, -0.25) is 4.79 Å². The summed E-state index contributed by atoms with van der Waals surface area (Å²) in [6.07, 6.45) is 0.716. The Kier molecular flexibility index (Phi) is 4.11. The van der Waals surface area contributed by atoms with Gasteiger partial charge in [-0.2, -0.15) is 0 Å². The summed E-state index contributed by atoms with van der Waals surface area (Å²) in [5.74, 6) is -0.936. The molecule has 1 aliphatic rings. The number of fused-ring (bicyclic) bond motifs is 1. The van der Waals surface area contributed by atoms with Crippen molar-refractivity contribution in [3.05, 3.63) is 53.6 Å². The lowest BCUT2D eigenvalue weighted by Crippen LogP contribution is -2.43. The lowest BCUT2D eigenvalue weighted by molar-refractivity contribution is -0.117. The smallest absolute Gasteiger partial charge is 0.335 e. The van der Waals surface area contributed by atoms with Gasteiger partial charge in [0.25, 0.3) is 0 Å². The van der Waals surface area contributed by atoms with E-state index in [9.17, 15) is 9.59 Å². The molecule has 0 bridgehead atoms. The maximum Gasteiger partial charge on any atom is 0.335 e. The van der Waals surface area contributed by atoms with Gasteiger partial charge >= 0.3 is 5.97 Å². The second-order valence-corrected chi connectivity index (χ2v) is 6.24. The Morgan fingerprint density at radius 2 is 1.75 bits per heavy atom. The maximum atomic E-state index is 12.0. The van der Waals surface area contributed by atoms with Crippen molar-refractivity contribution < 1.29 is 14.7 Å². The molecule has 0 unspecified atom stereocenters. The van der Waals surface area contributed by atoms with Gasteiger partial charge in [0.2, 0.25) is 5.91 Å². The van der Waals surface area contributed by atoms with Gasteiger partial charge in [0, 0.05) is 24.7 Å². The Morgan fingerprint density at radius 1 is 1.12 bits per heavy atom. The minimum Gasteiger partial charge on any atom is -0.478 e. The molecule has 3 N–H and O–H groups in total. The summed E-state index contributed by atoms with van der Waals surface area (Å²) in [7, 11) is 0. The zero-order chi connectivity index (χ0) is 17.4. The van der Waals surface area contributed by atoms with Gasteiger partial charge < -0.3 is 15.7 Å². The molecule has 0 saturated carbocycles. The topological polar surface area (TPSA) is 83.6 Å². The summed E-state index contributed by atoms with van der Waals surface area (Å²) in [5, 5.41) is 8.99. The SMILES string of the molecule is CC(=O)N1c2ccc(-c3ccc(C(=O)O)cc3)cc2[C@H](N)C[C@@H]1C. The third-order valence-electron chi connectivity index (χ3n) is 4.53. The number of carboxylic acids is 1. The van der Waals surface area contributed by atoms with Crippen molar-refractivity contribution in [2.24, 2.45) is 5.73 Å². The molecule has 5 heteroatoms. The third kappa shape index (κ3) is 2.78. The minimum atomic E-state index is -0.944. The molecule has 1 aliphatic heterocycles. The lowest BCUT2D eigenvalue weighted by Gasteiger charge is -2.37. The highest BCUT2D eigenvalue weighted by molar-refractivity contribution is 5.94. The molecular formula is C19H20N2O3. The number of nitrogens with zero attached hydrogens (tertiary/aromatic N) is 1. The predicted octanol–water partition coefficient (Wildman–Crippen LogP) is 3.20. The highest BCUT2D eigenvalue weighted by Gasteiger charge is 2.30. The monoisotopic (exact) mass is 324 g/mol. The van der Waals surface area contributed by atoms with Crippen LogP contribution in [0.15, 0.2) is 42.5 Å². The predicted molar refractivity (Wildman–Crippen MR) is 93.0 cm³/mol. The number of amides is 1. The third-order valence-corrected chi connectivity index (χ3v) is 4.53. The second-order valence-electron chi connectivity index (χ2n) is 6.24. The number of aromatic carboxylic acids is 1. The molecule has 0 spiro atoms. The zero-order valence-corrected chi connectivity index (χ0v) is 13.7. The van der Waals surface area contributed by atoms with Crippen LogP contribution in [0.25, 0.3) is 11.1 Å². The Hall–Kier alpha value is -2.66. The average Bonchev–Trinajstić information content (AvgIpc) is 2.54. The van der Waals surface area contributed by atoms with Gasteiger partial charge in [0.15, 0.2) is 0 Å². The highest BCUT2D eigenvalue weighted by Crippen LogP contribution is 2.38. The van der Waals surface area contributed by atoms with Crippen LogP contribution in [0.2, 0.25) is 0 Å². The van der Waals surface area contributed by atoms with Crippen LogP contribution in [0.5, 0.6) is 0 Å². The quantitative estimate of drug-likeness (QED) is 0.888. The molecule has 0 radical (unpaired) electrons. The van der Waals surface area contributed by atoms with Crippen molar-refractivity contribution in [1.29, 1.82) is 0 Å². The second kappa shape index (κ2) is 6.09. The van der Waals surface area contributed by atoms with E-state index in [0.29, 0.717) is 6.42 Å². The Bertz CT molecular complexity index is 799. The molecule has 3 rings (SSSR count). The fourth-order valence-electron chi connectivity index (χ4n) is 3.37. The number of rotatable bonds is 2.